The molecule has 0 amide bonds. The van der Waals surface area contributed by atoms with Gasteiger partial charge in [-0.2, -0.15) is 13.8 Å². The molecule has 10 heteroatoms. The number of piperidine rings is 2. The Labute approximate surface area is 164 Å². The number of carboxylic acids is 1. The van der Waals surface area contributed by atoms with Gasteiger partial charge < -0.3 is 14.9 Å². The number of carbonyl (C=O) groups is 1. The van der Waals surface area contributed by atoms with E-state index in [-0.39, 0.29) is 55.1 Å². The highest BCUT2D eigenvalue weighted by Crippen LogP contribution is 2.50. The second-order valence-corrected chi connectivity index (χ2v) is 8.69. The van der Waals surface area contributed by atoms with E-state index in [2.05, 4.69) is 9.97 Å². The van der Waals surface area contributed by atoms with Crippen molar-refractivity contribution in [2.45, 2.75) is 50.5 Å². The quantitative estimate of drug-likeness (QED) is 0.748. The van der Waals surface area contributed by atoms with Gasteiger partial charge in [-0.25, -0.2) is 13.8 Å². The smallest absolute Gasteiger partial charge is 0.303 e. The average molecular weight is 414 g/mol. The molecule has 1 aromatic heterocycles. The lowest BCUT2D eigenvalue weighted by Crippen LogP contribution is -2.56. The summed E-state index contributed by atoms with van der Waals surface area (Å²) >= 11 is 0. The maximum atomic E-state index is 14.5. The van der Waals surface area contributed by atoms with Gasteiger partial charge in [-0.3, -0.25) is 4.79 Å². The van der Waals surface area contributed by atoms with Crippen LogP contribution in [0.4, 0.5) is 29.3 Å². The number of hydrogen-bond acceptors (Lipinski definition) is 5. The van der Waals surface area contributed by atoms with Gasteiger partial charge in [0.2, 0.25) is 5.95 Å². The number of anilines is 2. The predicted molar refractivity (Wildman–Crippen MR) is 95.6 cm³/mol. The number of nitrogens with zero attached hydrogens (tertiary/aromatic N) is 4. The minimum Gasteiger partial charge on any atom is -0.481 e. The van der Waals surface area contributed by atoms with E-state index in [1.165, 1.54) is 4.90 Å². The summed E-state index contributed by atoms with van der Waals surface area (Å²) in [6, 6.07) is -1.04. The summed E-state index contributed by atoms with van der Waals surface area (Å²) < 4.78 is 55.3. The van der Waals surface area contributed by atoms with E-state index in [0.717, 1.165) is 6.42 Å². The summed E-state index contributed by atoms with van der Waals surface area (Å²) in [6.07, 6.45) is -1.44. The monoisotopic (exact) mass is 414 g/mol. The van der Waals surface area contributed by atoms with E-state index >= 15 is 0 Å². The third kappa shape index (κ3) is 2.93. The highest BCUT2D eigenvalue weighted by molar-refractivity contribution is 5.67. The molecule has 0 radical (unpaired) electrons. The second kappa shape index (κ2) is 6.43. The van der Waals surface area contributed by atoms with Crippen molar-refractivity contribution in [2.24, 2.45) is 17.8 Å². The van der Waals surface area contributed by atoms with Gasteiger partial charge in [0, 0.05) is 38.0 Å². The van der Waals surface area contributed by atoms with E-state index in [0.29, 0.717) is 31.0 Å². The van der Waals surface area contributed by atoms with Gasteiger partial charge in [-0.15, -0.1) is 0 Å². The highest BCUT2D eigenvalue weighted by Gasteiger charge is 2.50. The molecule has 2 aliphatic carbocycles. The Bertz CT molecular complexity index is 840. The lowest BCUT2D eigenvalue weighted by Gasteiger charge is -2.54. The number of hydrogen-bond donors (Lipinski definition) is 1. The lowest BCUT2D eigenvalue weighted by atomic mass is 9.60. The van der Waals surface area contributed by atoms with Crippen LogP contribution in [-0.2, 0) is 17.1 Å². The Morgan fingerprint density at radius 3 is 2.55 bits per heavy atom. The first-order valence-corrected chi connectivity index (χ1v) is 10.1. The van der Waals surface area contributed by atoms with Gasteiger partial charge in [0.15, 0.2) is 0 Å². The summed E-state index contributed by atoms with van der Waals surface area (Å²) in [5.74, 6) is -3.03. The number of rotatable bonds is 5. The van der Waals surface area contributed by atoms with Crippen LogP contribution in [0.1, 0.15) is 36.9 Å². The van der Waals surface area contributed by atoms with E-state index < -0.39 is 24.4 Å². The van der Waals surface area contributed by atoms with Crippen LogP contribution in [0.3, 0.4) is 0 Å². The molecular weight excluding hydrogens is 392 g/mol. The van der Waals surface area contributed by atoms with Crippen LogP contribution in [0, 0.1) is 17.8 Å². The minimum absolute atomic E-state index is 0.0433. The molecule has 0 aromatic carbocycles. The Hall–Kier alpha value is -2.13. The van der Waals surface area contributed by atoms with Crippen molar-refractivity contribution in [3.05, 3.63) is 11.3 Å². The molecule has 6 nitrogen and oxygen atoms in total. The molecule has 158 valence electrons. The molecule has 1 saturated carbocycles. The van der Waals surface area contributed by atoms with Crippen LogP contribution in [0.2, 0.25) is 0 Å². The molecule has 4 heterocycles. The zero-order chi connectivity index (χ0) is 20.5. The van der Waals surface area contributed by atoms with Crippen LogP contribution in [0.15, 0.2) is 0 Å². The van der Waals surface area contributed by atoms with E-state index in [1.54, 1.807) is 0 Å². The van der Waals surface area contributed by atoms with Crippen molar-refractivity contribution in [3.8, 4) is 0 Å². The first kappa shape index (κ1) is 18.9. The maximum absolute atomic E-state index is 14.5. The van der Waals surface area contributed by atoms with Crippen molar-refractivity contribution in [1.82, 2.24) is 9.97 Å². The van der Waals surface area contributed by atoms with Crippen LogP contribution < -0.4 is 9.80 Å². The minimum atomic E-state index is -3.09. The number of aliphatic carboxylic acids is 1. The van der Waals surface area contributed by atoms with Gasteiger partial charge in [-0.1, -0.05) is 0 Å². The van der Waals surface area contributed by atoms with Crippen LogP contribution >= 0.6 is 0 Å². The molecular formula is C19H22F4N4O2. The van der Waals surface area contributed by atoms with Crippen LogP contribution in [-0.4, -0.2) is 53.1 Å². The Morgan fingerprint density at radius 1 is 1.24 bits per heavy atom. The van der Waals surface area contributed by atoms with Crippen molar-refractivity contribution < 1.29 is 27.5 Å². The molecule has 1 N–H and O–H groups in total. The van der Waals surface area contributed by atoms with Gasteiger partial charge in [-0.05, 0) is 37.0 Å². The van der Waals surface area contributed by atoms with Crippen LogP contribution in [0.25, 0.3) is 0 Å². The van der Waals surface area contributed by atoms with E-state index in [4.69, 9.17) is 5.11 Å². The Morgan fingerprint density at radius 2 is 1.97 bits per heavy atom. The second-order valence-electron chi connectivity index (χ2n) is 8.69. The van der Waals surface area contributed by atoms with Gasteiger partial charge in [0.1, 0.15) is 11.5 Å². The van der Waals surface area contributed by atoms with E-state index in [1.807, 2.05) is 4.90 Å². The van der Waals surface area contributed by atoms with Crippen molar-refractivity contribution in [3.63, 3.8) is 0 Å². The molecule has 1 aromatic rings. The SMILES string of the molecule is O=C(O)CC1[C@@H]2C[C@H]1CN(c1nc(N3CC[C@H]3C(F)F)nc3c1CCC3(F)F)C2. The number of alkyl halides is 4. The Kier molecular flexibility index (Phi) is 4.19. The van der Waals surface area contributed by atoms with E-state index in [9.17, 15) is 22.4 Å². The first-order chi connectivity index (χ1) is 13.7. The third-order valence-corrected chi connectivity index (χ3v) is 7.06. The predicted octanol–water partition coefficient (Wildman–Crippen LogP) is 2.91. The van der Waals surface area contributed by atoms with Crippen molar-refractivity contribution >= 4 is 17.7 Å². The largest absolute Gasteiger partial charge is 0.481 e. The summed E-state index contributed by atoms with van der Waals surface area (Å²) in [7, 11) is 0. The standard InChI is InChI=1S/C19H22F4N4O2/c20-16(21)13-2-4-27(13)18-24-15-11(1-3-19(15,22)23)17(25-18)26-7-9-5-10(8-26)12(9)6-14(28)29/h9-10,12-13,16H,1-8H2,(H,28,29)/t9-,10+,12?,13-/m0/s1. The number of halogens is 4. The molecule has 0 spiro atoms. The average Bonchev–Trinajstić information content (AvgIpc) is 2.93. The van der Waals surface area contributed by atoms with Gasteiger partial charge in [0.05, 0.1) is 6.04 Å². The third-order valence-electron chi connectivity index (χ3n) is 7.06. The van der Waals surface area contributed by atoms with Crippen LogP contribution in [0.5, 0.6) is 0 Å². The summed E-state index contributed by atoms with van der Waals surface area (Å²) in [4.78, 5) is 22.8. The topological polar surface area (TPSA) is 69.6 Å². The van der Waals surface area contributed by atoms with Gasteiger partial charge in [0.25, 0.3) is 12.3 Å². The first-order valence-electron chi connectivity index (χ1n) is 10.1. The molecule has 29 heavy (non-hydrogen) atoms. The lowest BCUT2D eigenvalue weighted by molar-refractivity contribution is -0.141. The fourth-order valence-electron chi connectivity index (χ4n) is 5.40. The number of fused-ring (bicyclic) bond motifs is 3. The van der Waals surface area contributed by atoms with Crippen molar-refractivity contribution in [1.29, 1.82) is 0 Å². The molecule has 6 rings (SSSR count). The molecule has 5 aliphatic rings. The molecule has 4 atom stereocenters. The fraction of sp³-hybridized carbons (Fsp3) is 0.737. The van der Waals surface area contributed by atoms with Crippen molar-refractivity contribution in [2.75, 3.05) is 29.4 Å². The zero-order valence-corrected chi connectivity index (χ0v) is 15.7. The molecule has 2 bridgehead atoms. The number of aromatic nitrogens is 2. The Balaban J connectivity index is 1.47. The number of carboxylic acid groups (broad SMARTS) is 1. The normalized spacial score (nSPS) is 32.0. The molecule has 1 unspecified atom stereocenters. The summed E-state index contributed by atoms with van der Waals surface area (Å²) in [6.45, 7) is 1.44. The highest BCUT2D eigenvalue weighted by atomic mass is 19.3. The summed E-state index contributed by atoms with van der Waals surface area (Å²) in [5.41, 5.74) is 0.0719. The maximum Gasteiger partial charge on any atom is 0.303 e. The fourth-order valence-corrected chi connectivity index (χ4v) is 5.40. The zero-order valence-electron chi connectivity index (χ0n) is 15.7. The van der Waals surface area contributed by atoms with Gasteiger partial charge >= 0.3 is 5.97 Å². The summed E-state index contributed by atoms with van der Waals surface area (Å²) in [5, 5.41) is 9.09. The molecule has 3 saturated heterocycles. The molecule has 4 fully saturated rings. The molecule has 3 aliphatic heterocycles.